The highest BCUT2D eigenvalue weighted by molar-refractivity contribution is 6.58. The van der Waals surface area contributed by atoms with E-state index in [9.17, 15) is 0 Å². The van der Waals surface area contributed by atoms with Gasteiger partial charge in [-0.05, 0) is 29.2 Å². The maximum atomic E-state index is 8.58. The minimum absolute atomic E-state index is 0.525. The normalized spacial score (nSPS) is 17.4. The van der Waals surface area contributed by atoms with Gasteiger partial charge in [-0.1, -0.05) is 42.5 Å². The molecule has 5 rings (SSSR count). The van der Waals surface area contributed by atoms with Crippen molar-refractivity contribution in [2.45, 2.75) is 12.5 Å². The van der Waals surface area contributed by atoms with E-state index in [1.807, 2.05) is 30.6 Å². The van der Waals surface area contributed by atoms with Gasteiger partial charge in [0.25, 0.3) is 0 Å². The minimum atomic E-state index is -1.34. The van der Waals surface area contributed by atoms with Crippen molar-refractivity contribution in [1.29, 1.82) is 0 Å². The maximum absolute atomic E-state index is 8.58. The Morgan fingerprint density at radius 1 is 1.00 bits per heavy atom. The van der Waals surface area contributed by atoms with Crippen LogP contribution >= 0.6 is 0 Å². The number of hydrogen-bond acceptors (Lipinski definition) is 6. The Morgan fingerprint density at radius 3 is 2.53 bits per heavy atom. The summed E-state index contributed by atoms with van der Waals surface area (Å²) >= 11 is 0. The number of para-hydroxylation sites is 1. The first-order chi connectivity index (χ1) is 14.7. The summed E-state index contributed by atoms with van der Waals surface area (Å²) in [4.78, 5) is 6.61. The van der Waals surface area contributed by atoms with Gasteiger partial charge in [-0.3, -0.25) is 4.98 Å². The summed E-state index contributed by atoms with van der Waals surface area (Å²) in [5.41, 5.74) is 4.08. The Hall–Kier alpha value is -2.87. The van der Waals surface area contributed by atoms with Gasteiger partial charge in [-0.15, -0.1) is 0 Å². The van der Waals surface area contributed by atoms with Gasteiger partial charge in [-0.25, -0.2) is 0 Å². The van der Waals surface area contributed by atoms with Crippen molar-refractivity contribution in [1.82, 2.24) is 10.3 Å². The number of piperazine rings is 1. The van der Waals surface area contributed by atoms with Crippen LogP contribution in [0.1, 0.15) is 6.42 Å². The van der Waals surface area contributed by atoms with Crippen molar-refractivity contribution < 1.29 is 14.8 Å². The molecule has 0 bridgehead atoms. The molecule has 0 amide bonds. The Labute approximate surface area is 177 Å². The molecule has 2 aliphatic rings. The SMILES string of the molecule is OB(O)c1ccccc1.c1cc(-c2ccncc2)c2c(c1)N1CCNC[C@@H]1CCO2. The van der Waals surface area contributed by atoms with Crippen LogP contribution in [-0.4, -0.2) is 54.4 Å². The van der Waals surface area contributed by atoms with E-state index in [2.05, 4.69) is 33.4 Å². The average molecular weight is 403 g/mol. The molecule has 154 valence electrons. The van der Waals surface area contributed by atoms with Crippen molar-refractivity contribution in [3.05, 3.63) is 73.1 Å². The lowest BCUT2D eigenvalue weighted by atomic mass is 9.81. The van der Waals surface area contributed by atoms with E-state index in [0.29, 0.717) is 11.5 Å². The van der Waals surface area contributed by atoms with E-state index in [1.54, 1.807) is 24.3 Å². The molecule has 7 heteroatoms. The van der Waals surface area contributed by atoms with E-state index in [0.717, 1.165) is 49.5 Å². The number of ether oxygens (including phenoxy) is 1. The van der Waals surface area contributed by atoms with Crippen LogP contribution in [-0.2, 0) is 0 Å². The molecule has 1 aromatic heterocycles. The van der Waals surface area contributed by atoms with Crippen LogP contribution in [0.2, 0.25) is 0 Å². The molecule has 30 heavy (non-hydrogen) atoms. The molecule has 3 N–H and O–H groups in total. The number of benzene rings is 2. The Balaban J connectivity index is 0.000000204. The van der Waals surface area contributed by atoms with Crippen molar-refractivity contribution in [2.24, 2.45) is 0 Å². The number of nitrogens with zero attached hydrogens (tertiary/aromatic N) is 2. The van der Waals surface area contributed by atoms with Crippen molar-refractivity contribution >= 4 is 18.3 Å². The number of aromatic nitrogens is 1. The molecule has 0 unspecified atom stereocenters. The fourth-order valence-electron chi connectivity index (χ4n) is 3.92. The zero-order valence-corrected chi connectivity index (χ0v) is 16.8. The number of anilines is 1. The first-order valence-electron chi connectivity index (χ1n) is 10.3. The molecular formula is C23H26BN3O3. The third-order valence-electron chi connectivity index (χ3n) is 5.44. The summed E-state index contributed by atoms with van der Waals surface area (Å²) in [5.74, 6) is 1.02. The molecule has 0 radical (unpaired) electrons. The molecule has 2 aromatic carbocycles. The highest BCUT2D eigenvalue weighted by Gasteiger charge is 2.28. The highest BCUT2D eigenvalue weighted by atomic mass is 16.5. The van der Waals surface area contributed by atoms with E-state index in [1.165, 1.54) is 5.69 Å². The minimum Gasteiger partial charge on any atom is -0.491 e. The number of rotatable bonds is 2. The van der Waals surface area contributed by atoms with Gasteiger partial charge in [0.1, 0.15) is 5.75 Å². The molecule has 3 aromatic rings. The number of pyridine rings is 1. The Morgan fingerprint density at radius 2 is 1.80 bits per heavy atom. The van der Waals surface area contributed by atoms with E-state index in [4.69, 9.17) is 14.8 Å². The first-order valence-corrected chi connectivity index (χ1v) is 10.3. The van der Waals surface area contributed by atoms with Crippen molar-refractivity contribution in [3.63, 3.8) is 0 Å². The second-order valence-electron chi connectivity index (χ2n) is 7.36. The Kier molecular flexibility index (Phi) is 6.64. The van der Waals surface area contributed by atoms with Crippen molar-refractivity contribution in [2.75, 3.05) is 31.1 Å². The fourth-order valence-corrected chi connectivity index (χ4v) is 3.92. The summed E-state index contributed by atoms with van der Waals surface area (Å²) in [6.07, 6.45) is 4.73. The molecule has 1 fully saturated rings. The number of nitrogens with one attached hydrogen (secondary N) is 1. The predicted octanol–water partition coefficient (Wildman–Crippen LogP) is 1.68. The summed E-state index contributed by atoms with van der Waals surface area (Å²) < 4.78 is 6.14. The van der Waals surface area contributed by atoms with Crippen molar-refractivity contribution in [3.8, 4) is 16.9 Å². The van der Waals surface area contributed by atoms with Gasteiger partial charge < -0.3 is 25.0 Å². The van der Waals surface area contributed by atoms with Gasteiger partial charge in [-0.2, -0.15) is 0 Å². The molecule has 0 saturated carbocycles. The summed E-state index contributed by atoms with van der Waals surface area (Å²) in [5, 5.41) is 20.6. The van der Waals surface area contributed by atoms with Crippen LogP contribution in [0.15, 0.2) is 73.1 Å². The number of fused-ring (bicyclic) bond motifs is 3. The fraction of sp³-hybridized carbons (Fsp3) is 0.261. The number of hydrogen-bond donors (Lipinski definition) is 3. The molecular weight excluding hydrogens is 377 g/mol. The second kappa shape index (κ2) is 9.76. The lowest BCUT2D eigenvalue weighted by Crippen LogP contribution is -2.51. The molecule has 6 nitrogen and oxygen atoms in total. The standard InChI is InChI=1S/C17H19N3O.C6H7BO2/c1-2-15(13-4-7-18-8-5-13)17-16(3-1)20-10-9-19-12-14(20)6-11-21-17;8-7(9)6-4-2-1-3-5-6/h1-5,7-8,14,19H,6,9-12H2;1-5,8-9H/t14-;/m0./s1. The van der Waals surface area contributed by atoms with E-state index in [-0.39, 0.29) is 0 Å². The summed E-state index contributed by atoms with van der Waals surface area (Å²) in [7, 11) is -1.34. The smallest absolute Gasteiger partial charge is 0.488 e. The largest absolute Gasteiger partial charge is 0.491 e. The van der Waals surface area contributed by atoms with Gasteiger partial charge in [0.05, 0.1) is 12.3 Å². The topological polar surface area (TPSA) is 77.9 Å². The van der Waals surface area contributed by atoms with Gasteiger partial charge in [0.15, 0.2) is 0 Å². The summed E-state index contributed by atoms with van der Waals surface area (Å²) in [6.45, 7) is 3.90. The zero-order valence-electron chi connectivity index (χ0n) is 16.8. The first kappa shape index (κ1) is 20.4. The van der Waals surface area contributed by atoms with Crippen LogP contribution in [0.5, 0.6) is 5.75 Å². The van der Waals surface area contributed by atoms with E-state index >= 15 is 0 Å². The third-order valence-corrected chi connectivity index (χ3v) is 5.44. The molecule has 0 spiro atoms. The molecule has 2 aliphatic heterocycles. The lowest BCUT2D eigenvalue weighted by molar-refractivity contribution is 0.305. The van der Waals surface area contributed by atoms with Crippen LogP contribution in [0, 0.1) is 0 Å². The van der Waals surface area contributed by atoms with Gasteiger partial charge in [0, 0.05) is 50.1 Å². The summed E-state index contributed by atoms with van der Waals surface area (Å²) in [6, 6.07) is 19.7. The Bertz CT molecular complexity index is 941. The zero-order chi connectivity index (χ0) is 20.8. The predicted molar refractivity (Wildman–Crippen MR) is 120 cm³/mol. The van der Waals surface area contributed by atoms with Crippen LogP contribution in [0.4, 0.5) is 5.69 Å². The monoisotopic (exact) mass is 403 g/mol. The quantitative estimate of drug-likeness (QED) is 0.566. The molecule has 1 atom stereocenters. The maximum Gasteiger partial charge on any atom is 0.488 e. The van der Waals surface area contributed by atoms with Crippen LogP contribution in [0.25, 0.3) is 11.1 Å². The van der Waals surface area contributed by atoms with Gasteiger partial charge in [0.2, 0.25) is 0 Å². The van der Waals surface area contributed by atoms with Gasteiger partial charge >= 0.3 is 7.12 Å². The molecule has 1 saturated heterocycles. The third kappa shape index (κ3) is 4.65. The molecule has 3 heterocycles. The highest BCUT2D eigenvalue weighted by Crippen LogP contribution is 2.41. The van der Waals surface area contributed by atoms with Crippen LogP contribution in [0.3, 0.4) is 0 Å². The van der Waals surface area contributed by atoms with E-state index < -0.39 is 7.12 Å². The lowest BCUT2D eigenvalue weighted by Gasteiger charge is -2.36. The average Bonchev–Trinajstić information content (AvgIpc) is 3.00. The second-order valence-corrected chi connectivity index (χ2v) is 7.36. The van der Waals surface area contributed by atoms with Crippen LogP contribution < -0.4 is 20.4 Å². The molecule has 0 aliphatic carbocycles.